The molecular weight excluding hydrogens is 353 g/mol. The molecule has 8 heteroatoms. The van der Waals surface area contributed by atoms with Crippen molar-refractivity contribution in [2.24, 2.45) is 0 Å². The number of benzene rings is 1. The Labute approximate surface area is 156 Å². The molecule has 0 saturated carbocycles. The van der Waals surface area contributed by atoms with Crippen LogP contribution >= 0.6 is 0 Å². The molecule has 2 N–H and O–H groups in total. The van der Waals surface area contributed by atoms with Crippen molar-refractivity contribution < 1.29 is 23.8 Å². The number of aliphatic carboxylic acids is 1. The molecule has 2 heterocycles. The Morgan fingerprint density at radius 2 is 2.00 bits per heavy atom. The number of carboxylic acid groups (broad SMARTS) is 1. The summed E-state index contributed by atoms with van der Waals surface area (Å²) in [6.07, 6.45) is 0.600. The average molecular weight is 375 g/mol. The second kappa shape index (κ2) is 7.48. The lowest BCUT2D eigenvalue weighted by atomic mass is 9.86. The first kappa shape index (κ1) is 19.0. The highest BCUT2D eigenvalue weighted by atomic mass is 19.1. The van der Waals surface area contributed by atoms with Gasteiger partial charge in [0.05, 0.1) is 17.7 Å². The molecule has 27 heavy (non-hydrogen) atoms. The zero-order chi connectivity index (χ0) is 19.6. The zero-order valence-electron chi connectivity index (χ0n) is 15.3. The second-order valence-electron chi connectivity index (χ2n) is 6.92. The van der Waals surface area contributed by atoms with Gasteiger partial charge in [-0.3, -0.25) is 9.59 Å². The first-order valence-corrected chi connectivity index (χ1v) is 8.75. The van der Waals surface area contributed by atoms with Gasteiger partial charge in [0, 0.05) is 24.5 Å². The molecule has 3 rings (SSSR count). The Morgan fingerprint density at radius 1 is 1.30 bits per heavy atom. The third-order valence-corrected chi connectivity index (χ3v) is 4.77. The molecule has 2 aromatic rings. The van der Waals surface area contributed by atoms with Gasteiger partial charge in [-0.05, 0) is 51.0 Å². The Balaban J connectivity index is 1.83. The van der Waals surface area contributed by atoms with Gasteiger partial charge in [-0.25, -0.2) is 9.07 Å². The van der Waals surface area contributed by atoms with E-state index in [4.69, 9.17) is 4.74 Å². The summed E-state index contributed by atoms with van der Waals surface area (Å²) in [5.41, 5.74) is 1.05. The maximum Gasteiger partial charge on any atom is 0.305 e. The van der Waals surface area contributed by atoms with E-state index in [-0.39, 0.29) is 17.7 Å². The number of halogens is 1. The van der Waals surface area contributed by atoms with Crippen LogP contribution in [0.2, 0.25) is 0 Å². The molecule has 0 spiro atoms. The number of hydrogen-bond donors (Lipinski definition) is 2. The predicted molar refractivity (Wildman–Crippen MR) is 95.5 cm³/mol. The van der Waals surface area contributed by atoms with E-state index in [1.165, 1.54) is 16.8 Å². The zero-order valence-corrected chi connectivity index (χ0v) is 15.3. The maximum atomic E-state index is 14.6. The number of carbonyl (C=O) groups excluding carboxylic acids is 1. The number of hydrogen-bond acceptors (Lipinski definition) is 4. The largest absolute Gasteiger partial charge is 0.481 e. The van der Waals surface area contributed by atoms with Crippen LogP contribution in [0.4, 0.5) is 4.39 Å². The number of carboxylic acids is 1. The number of nitrogens with zero attached hydrogens (tertiary/aromatic N) is 2. The van der Waals surface area contributed by atoms with E-state index < -0.39 is 23.2 Å². The van der Waals surface area contributed by atoms with Crippen LogP contribution in [-0.4, -0.2) is 45.5 Å². The van der Waals surface area contributed by atoms with Crippen molar-refractivity contribution in [2.75, 3.05) is 13.2 Å². The van der Waals surface area contributed by atoms with Crippen molar-refractivity contribution in [3.8, 4) is 5.69 Å². The van der Waals surface area contributed by atoms with Crippen LogP contribution in [0.1, 0.15) is 41.0 Å². The molecule has 7 nitrogen and oxygen atoms in total. The fraction of sp³-hybridized carbons (Fsp3) is 0.421. The average Bonchev–Trinajstić information content (AvgIpc) is 2.92. The van der Waals surface area contributed by atoms with E-state index in [1.807, 2.05) is 19.9 Å². The molecule has 1 aromatic carbocycles. The topological polar surface area (TPSA) is 93.5 Å². The number of rotatable bonds is 5. The lowest BCUT2D eigenvalue weighted by molar-refractivity contribution is -0.139. The lowest BCUT2D eigenvalue weighted by Crippen LogP contribution is -2.53. The number of aryl methyl sites for hydroxylation is 2. The van der Waals surface area contributed by atoms with Gasteiger partial charge in [0.15, 0.2) is 0 Å². The van der Waals surface area contributed by atoms with Gasteiger partial charge in [0.25, 0.3) is 5.91 Å². The van der Waals surface area contributed by atoms with E-state index >= 15 is 0 Å². The quantitative estimate of drug-likeness (QED) is 0.837. The fourth-order valence-electron chi connectivity index (χ4n) is 3.40. The van der Waals surface area contributed by atoms with Gasteiger partial charge in [0.1, 0.15) is 11.5 Å². The molecule has 0 bridgehead atoms. The molecule has 0 radical (unpaired) electrons. The summed E-state index contributed by atoms with van der Waals surface area (Å²) in [6, 6.07) is 5.99. The number of aromatic nitrogens is 2. The second-order valence-corrected chi connectivity index (χ2v) is 6.92. The molecule has 1 amide bonds. The van der Waals surface area contributed by atoms with E-state index in [9.17, 15) is 19.1 Å². The molecule has 1 fully saturated rings. The van der Waals surface area contributed by atoms with Crippen molar-refractivity contribution in [2.45, 2.75) is 38.6 Å². The minimum atomic E-state index is -0.997. The molecule has 144 valence electrons. The first-order valence-electron chi connectivity index (χ1n) is 8.75. The SMILES string of the molecule is Cc1cc(C)n(-c2ccc(C(=O)NC3(CC(=O)O)CCOCC3)cc2F)n1. The summed E-state index contributed by atoms with van der Waals surface area (Å²) >= 11 is 0. The monoisotopic (exact) mass is 375 g/mol. The summed E-state index contributed by atoms with van der Waals surface area (Å²) in [4.78, 5) is 23.9. The summed E-state index contributed by atoms with van der Waals surface area (Å²) in [6.45, 7) is 4.39. The standard InChI is InChI=1S/C19H22FN3O4/c1-12-9-13(2)23(22-12)16-4-3-14(10-15(16)20)18(26)21-19(11-17(24)25)5-7-27-8-6-19/h3-4,9-10H,5-8,11H2,1-2H3,(H,21,26)(H,24,25). The maximum absolute atomic E-state index is 14.6. The van der Waals surface area contributed by atoms with Crippen molar-refractivity contribution >= 4 is 11.9 Å². The Morgan fingerprint density at radius 3 is 2.56 bits per heavy atom. The van der Waals surface area contributed by atoms with E-state index in [0.29, 0.717) is 26.1 Å². The molecular formula is C19H22FN3O4. The van der Waals surface area contributed by atoms with Crippen LogP contribution in [0.5, 0.6) is 0 Å². The molecule has 1 aromatic heterocycles. The highest BCUT2D eigenvalue weighted by molar-refractivity contribution is 5.95. The number of amides is 1. The van der Waals surface area contributed by atoms with Gasteiger partial charge < -0.3 is 15.2 Å². The van der Waals surface area contributed by atoms with Crippen LogP contribution in [-0.2, 0) is 9.53 Å². The van der Waals surface area contributed by atoms with Crippen LogP contribution in [0, 0.1) is 19.7 Å². The molecule has 0 aliphatic carbocycles. The first-order chi connectivity index (χ1) is 12.8. The van der Waals surface area contributed by atoms with Crippen LogP contribution < -0.4 is 5.32 Å². The summed E-state index contributed by atoms with van der Waals surface area (Å²) in [5.74, 6) is -2.08. The molecule has 0 atom stereocenters. The van der Waals surface area contributed by atoms with Crippen molar-refractivity contribution in [3.05, 3.63) is 47.0 Å². The predicted octanol–water partition coefficient (Wildman–Crippen LogP) is 2.38. The van der Waals surface area contributed by atoms with Crippen LogP contribution in [0.25, 0.3) is 5.69 Å². The van der Waals surface area contributed by atoms with Gasteiger partial charge in [-0.1, -0.05) is 0 Å². The lowest BCUT2D eigenvalue weighted by Gasteiger charge is -2.36. The Bertz CT molecular complexity index is 872. The normalized spacial score (nSPS) is 16.1. The minimum Gasteiger partial charge on any atom is -0.481 e. The van der Waals surface area contributed by atoms with Crippen LogP contribution in [0.3, 0.4) is 0 Å². The minimum absolute atomic E-state index is 0.133. The van der Waals surface area contributed by atoms with E-state index in [1.54, 1.807) is 0 Å². The number of ether oxygens (including phenoxy) is 1. The Kier molecular flexibility index (Phi) is 5.27. The molecule has 1 aliphatic rings. The van der Waals surface area contributed by atoms with Gasteiger partial charge >= 0.3 is 5.97 Å². The highest BCUT2D eigenvalue weighted by Gasteiger charge is 2.36. The number of carbonyl (C=O) groups is 2. The summed E-state index contributed by atoms with van der Waals surface area (Å²) in [5, 5.41) is 16.2. The summed E-state index contributed by atoms with van der Waals surface area (Å²) in [7, 11) is 0. The molecule has 1 saturated heterocycles. The van der Waals surface area contributed by atoms with Crippen LogP contribution in [0.15, 0.2) is 24.3 Å². The third-order valence-electron chi connectivity index (χ3n) is 4.77. The van der Waals surface area contributed by atoms with Gasteiger partial charge in [0.2, 0.25) is 0 Å². The van der Waals surface area contributed by atoms with E-state index in [2.05, 4.69) is 10.4 Å². The third kappa shape index (κ3) is 4.16. The molecule has 0 unspecified atom stereocenters. The smallest absolute Gasteiger partial charge is 0.305 e. The van der Waals surface area contributed by atoms with Crippen molar-refractivity contribution in [1.82, 2.24) is 15.1 Å². The fourth-order valence-corrected chi connectivity index (χ4v) is 3.40. The van der Waals surface area contributed by atoms with Crippen molar-refractivity contribution in [3.63, 3.8) is 0 Å². The highest BCUT2D eigenvalue weighted by Crippen LogP contribution is 2.26. The molecule has 1 aliphatic heterocycles. The van der Waals surface area contributed by atoms with E-state index in [0.717, 1.165) is 17.5 Å². The Hall–Kier alpha value is -2.74. The number of nitrogens with one attached hydrogen (secondary N) is 1. The van der Waals surface area contributed by atoms with Gasteiger partial charge in [-0.2, -0.15) is 5.10 Å². The van der Waals surface area contributed by atoms with Crippen molar-refractivity contribution in [1.29, 1.82) is 0 Å². The van der Waals surface area contributed by atoms with Gasteiger partial charge in [-0.15, -0.1) is 0 Å². The summed E-state index contributed by atoms with van der Waals surface area (Å²) < 4.78 is 21.4.